The number of amides is 1. The first-order valence-corrected chi connectivity index (χ1v) is 8.13. The summed E-state index contributed by atoms with van der Waals surface area (Å²) in [5.41, 5.74) is 3.00. The van der Waals surface area contributed by atoms with Gasteiger partial charge < -0.3 is 9.47 Å². The molecule has 0 aliphatic rings. The maximum Gasteiger partial charge on any atom is 0.271 e. The van der Waals surface area contributed by atoms with E-state index in [4.69, 9.17) is 9.47 Å². The van der Waals surface area contributed by atoms with Crippen LogP contribution in [0.1, 0.15) is 22.8 Å². The molecule has 8 nitrogen and oxygen atoms in total. The van der Waals surface area contributed by atoms with Crippen molar-refractivity contribution in [2.24, 2.45) is 5.10 Å². The zero-order chi connectivity index (χ0) is 19.6. The summed E-state index contributed by atoms with van der Waals surface area (Å²) in [6.45, 7) is 6.28. The largest absolute Gasteiger partial charge is 0.490 e. The molecule has 0 fully saturated rings. The molecule has 0 saturated heterocycles. The maximum absolute atomic E-state index is 12.0. The Hall–Kier alpha value is -3.68. The third-order valence-corrected chi connectivity index (χ3v) is 3.32. The third kappa shape index (κ3) is 5.67. The molecular formula is C19H19N3O5. The highest BCUT2D eigenvalue weighted by atomic mass is 16.6. The van der Waals surface area contributed by atoms with Gasteiger partial charge in [0, 0.05) is 17.7 Å². The second-order valence-corrected chi connectivity index (χ2v) is 5.25. The Morgan fingerprint density at radius 1 is 1.26 bits per heavy atom. The van der Waals surface area contributed by atoms with Crippen molar-refractivity contribution in [1.82, 2.24) is 5.43 Å². The van der Waals surface area contributed by atoms with Gasteiger partial charge in [-0.05, 0) is 36.8 Å². The molecule has 0 aliphatic heterocycles. The van der Waals surface area contributed by atoms with E-state index >= 15 is 0 Å². The highest BCUT2D eigenvalue weighted by Crippen LogP contribution is 2.28. The Morgan fingerprint density at radius 3 is 2.78 bits per heavy atom. The fourth-order valence-electron chi connectivity index (χ4n) is 2.13. The molecule has 0 spiro atoms. The van der Waals surface area contributed by atoms with Gasteiger partial charge in [0.05, 0.1) is 17.7 Å². The van der Waals surface area contributed by atoms with E-state index in [0.717, 1.165) is 0 Å². The Kier molecular flexibility index (Phi) is 7.07. The van der Waals surface area contributed by atoms with Crippen LogP contribution < -0.4 is 14.9 Å². The maximum atomic E-state index is 12.0. The molecule has 8 heteroatoms. The van der Waals surface area contributed by atoms with Gasteiger partial charge in [-0.1, -0.05) is 18.7 Å². The highest BCUT2D eigenvalue weighted by molar-refractivity contribution is 5.95. The topological polar surface area (TPSA) is 103 Å². The van der Waals surface area contributed by atoms with Gasteiger partial charge in [0.2, 0.25) is 0 Å². The monoisotopic (exact) mass is 369 g/mol. The van der Waals surface area contributed by atoms with E-state index in [2.05, 4.69) is 17.1 Å². The predicted molar refractivity (Wildman–Crippen MR) is 101 cm³/mol. The molecule has 2 rings (SSSR count). The fraction of sp³-hybridized carbons (Fsp3) is 0.158. The summed E-state index contributed by atoms with van der Waals surface area (Å²) >= 11 is 0. The number of carbonyl (C=O) groups excluding carboxylic acids is 1. The number of carbonyl (C=O) groups is 1. The van der Waals surface area contributed by atoms with Gasteiger partial charge in [0.15, 0.2) is 11.5 Å². The van der Waals surface area contributed by atoms with E-state index in [9.17, 15) is 14.9 Å². The van der Waals surface area contributed by atoms with Crippen LogP contribution in [-0.2, 0) is 0 Å². The Bertz CT molecular complexity index is 864. The molecule has 0 aliphatic carbocycles. The fourth-order valence-corrected chi connectivity index (χ4v) is 2.13. The first-order valence-electron chi connectivity index (χ1n) is 8.13. The summed E-state index contributed by atoms with van der Waals surface area (Å²) in [6.07, 6.45) is 3.07. The van der Waals surface area contributed by atoms with Crippen molar-refractivity contribution in [1.29, 1.82) is 0 Å². The third-order valence-electron chi connectivity index (χ3n) is 3.32. The van der Waals surface area contributed by atoms with Crippen molar-refractivity contribution >= 4 is 17.8 Å². The summed E-state index contributed by atoms with van der Waals surface area (Å²) in [5.74, 6) is 0.578. The van der Waals surface area contributed by atoms with E-state index in [1.165, 1.54) is 30.5 Å². The molecule has 0 aromatic heterocycles. The molecule has 140 valence electrons. The van der Waals surface area contributed by atoms with Gasteiger partial charge in [-0.15, -0.1) is 0 Å². The first-order chi connectivity index (χ1) is 13.0. The van der Waals surface area contributed by atoms with Crippen molar-refractivity contribution < 1.29 is 19.2 Å². The van der Waals surface area contributed by atoms with Gasteiger partial charge >= 0.3 is 0 Å². The average Bonchev–Trinajstić information content (AvgIpc) is 2.67. The number of nitro benzene ring substituents is 1. The predicted octanol–water partition coefficient (Wildman–Crippen LogP) is 3.32. The number of nitrogens with zero attached hydrogens (tertiary/aromatic N) is 2. The Morgan fingerprint density at radius 2 is 2.07 bits per heavy atom. The molecule has 0 atom stereocenters. The molecule has 0 radical (unpaired) electrons. The quantitative estimate of drug-likeness (QED) is 0.316. The summed E-state index contributed by atoms with van der Waals surface area (Å²) < 4.78 is 11.0. The second kappa shape index (κ2) is 9.71. The first kappa shape index (κ1) is 19.6. The van der Waals surface area contributed by atoms with Crippen LogP contribution in [0, 0.1) is 10.1 Å². The molecule has 0 saturated carbocycles. The number of nitro groups is 1. The molecule has 0 bridgehead atoms. The van der Waals surface area contributed by atoms with Gasteiger partial charge in [0.1, 0.15) is 6.61 Å². The number of hydrogen-bond donors (Lipinski definition) is 1. The van der Waals surface area contributed by atoms with Gasteiger partial charge in [-0.25, -0.2) is 5.43 Å². The Labute approximate surface area is 156 Å². The summed E-state index contributed by atoms with van der Waals surface area (Å²) in [6, 6.07) is 10.6. The SMILES string of the molecule is C=CCOc1ccc(/C=N\NC(=O)c2cccc([N+](=O)[O-])c2)cc1OCC. The number of rotatable bonds is 9. The number of benzene rings is 2. The number of hydrogen-bond acceptors (Lipinski definition) is 6. The van der Waals surface area contributed by atoms with E-state index in [-0.39, 0.29) is 11.3 Å². The van der Waals surface area contributed by atoms with Crippen LogP contribution in [0.4, 0.5) is 5.69 Å². The van der Waals surface area contributed by atoms with Crippen molar-refractivity contribution in [2.45, 2.75) is 6.92 Å². The molecule has 1 amide bonds. The van der Waals surface area contributed by atoms with Crippen LogP contribution in [0.25, 0.3) is 0 Å². The van der Waals surface area contributed by atoms with Crippen molar-refractivity contribution in [2.75, 3.05) is 13.2 Å². The number of ether oxygens (including phenoxy) is 2. The van der Waals surface area contributed by atoms with Gasteiger partial charge in [0.25, 0.3) is 11.6 Å². The number of nitrogens with one attached hydrogen (secondary N) is 1. The van der Waals surface area contributed by atoms with Gasteiger partial charge in [-0.2, -0.15) is 5.10 Å². The van der Waals surface area contributed by atoms with Crippen LogP contribution in [0.2, 0.25) is 0 Å². The van der Waals surface area contributed by atoms with E-state index in [0.29, 0.717) is 30.3 Å². The second-order valence-electron chi connectivity index (χ2n) is 5.25. The number of non-ortho nitro benzene ring substituents is 1. The lowest BCUT2D eigenvalue weighted by molar-refractivity contribution is -0.384. The van der Waals surface area contributed by atoms with E-state index < -0.39 is 10.8 Å². The molecule has 0 unspecified atom stereocenters. The lowest BCUT2D eigenvalue weighted by Crippen LogP contribution is -2.17. The number of hydrazone groups is 1. The minimum atomic E-state index is -0.564. The standard InChI is InChI=1S/C19H19N3O5/c1-3-10-27-17-9-8-14(11-18(17)26-4-2)13-20-21-19(23)15-6-5-7-16(12-15)22(24)25/h3,5-9,11-13H,1,4,10H2,2H3,(H,21,23)/b20-13-. The normalized spacial score (nSPS) is 10.4. The summed E-state index contributed by atoms with van der Waals surface area (Å²) in [7, 11) is 0. The van der Waals surface area contributed by atoms with Crippen molar-refractivity contribution in [3.05, 3.63) is 76.4 Å². The lowest BCUT2D eigenvalue weighted by atomic mass is 10.2. The summed E-state index contributed by atoms with van der Waals surface area (Å²) in [4.78, 5) is 22.3. The molecule has 0 heterocycles. The average molecular weight is 369 g/mol. The molecule has 27 heavy (non-hydrogen) atoms. The molecular weight excluding hydrogens is 350 g/mol. The highest BCUT2D eigenvalue weighted by Gasteiger charge is 2.11. The van der Waals surface area contributed by atoms with Crippen molar-refractivity contribution in [3.63, 3.8) is 0 Å². The summed E-state index contributed by atoms with van der Waals surface area (Å²) in [5, 5.41) is 14.6. The zero-order valence-electron chi connectivity index (χ0n) is 14.8. The van der Waals surface area contributed by atoms with Crippen LogP contribution in [0.5, 0.6) is 11.5 Å². The lowest BCUT2D eigenvalue weighted by Gasteiger charge is -2.11. The van der Waals surface area contributed by atoms with Crippen LogP contribution >= 0.6 is 0 Å². The minimum absolute atomic E-state index is 0.143. The Balaban J connectivity index is 2.07. The minimum Gasteiger partial charge on any atom is -0.490 e. The molecule has 2 aromatic carbocycles. The van der Waals surface area contributed by atoms with Crippen LogP contribution in [0.3, 0.4) is 0 Å². The van der Waals surface area contributed by atoms with Gasteiger partial charge in [-0.3, -0.25) is 14.9 Å². The zero-order valence-corrected chi connectivity index (χ0v) is 14.8. The smallest absolute Gasteiger partial charge is 0.271 e. The van der Waals surface area contributed by atoms with E-state index in [1.54, 1.807) is 24.3 Å². The van der Waals surface area contributed by atoms with Crippen LogP contribution in [0.15, 0.2) is 60.2 Å². The molecule has 1 N–H and O–H groups in total. The molecule has 2 aromatic rings. The van der Waals surface area contributed by atoms with Crippen LogP contribution in [-0.4, -0.2) is 30.3 Å². The van der Waals surface area contributed by atoms with Crippen molar-refractivity contribution in [3.8, 4) is 11.5 Å². The van der Waals surface area contributed by atoms with E-state index in [1.807, 2.05) is 6.92 Å².